The van der Waals surface area contributed by atoms with Gasteiger partial charge in [-0.25, -0.2) is 9.13 Å². The molecule has 0 fully saturated rings. The van der Waals surface area contributed by atoms with Crippen LogP contribution in [0.5, 0.6) is 0 Å². The Morgan fingerprint density at radius 2 is 0.484 bits per heavy atom. The quantitative estimate of drug-likeness (QED) is 0.0222. The zero-order valence-corrected chi connectivity index (χ0v) is 63.9. The van der Waals surface area contributed by atoms with Gasteiger partial charge in [-0.05, 0) is 43.4 Å². The number of hydrogen-bond donors (Lipinski definition) is 3. The molecule has 0 aliphatic rings. The van der Waals surface area contributed by atoms with Crippen molar-refractivity contribution in [3.05, 3.63) is 0 Å². The summed E-state index contributed by atoms with van der Waals surface area (Å²) in [5, 5.41) is 10.6. The molecule has 17 nitrogen and oxygen atoms in total. The van der Waals surface area contributed by atoms with Crippen LogP contribution in [-0.4, -0.2) is 96.7 Å². The molecule has 19 heteroatoms. The highest BCUT2D eigenvalue weighted by Crippen LogP contribution is 2.45. The third kappa shape index (κ3) is 70.3. The lowest BCUT2D eigenvalue weighted by Crippen LogP contribution is -2.30. The van der Waals surface area contributed by atoms with Crippen LogP contribution < -0.4 is 0 Å². The molecule has 0 saturated carbocycles. The summed E-state index contributed by atoms with van der Waals surface area (Å²) in [5.41, 5.74) is 0. The molecule has 564 valence electrons. The van der Waals surface area contributed by atoms with Crippen LogP contribution in [0.3, 0.4) is 0 Å². The van der Waals surface area contributed by atoms with Crippen LogP contribution >= 0.6 is 15.6 Å². The van der Waals surface area contributed by atoms with Crippen LogP contribution in [-0.2, 0) is 65.4 Å². The van der Waals surface area contributed by atoms with Gasteiger partial charge < -0.3 is 33.8 Å². The van der Waals surface area contributed by atoms with Crippen LogP contribution in [0.2, 0.25) is 0 Å². The Balaban J connectivity index is 5.21. The van der Waals surface area contributed by atoms with Gasteiger partial charge in [0.25, 0.3) is 0 Å². The Morgan fingerprint density at radius 1 is 0.284 bits per heavy atom. The molecule has 3 N–H and O–H groups in total. The lowest BCUT2D eigenvalue weighted by atomic mass is 10.0. The van der Waals surface area contributed by atoms with Gasteiger partial charge in [0, 0.05) is 25.7 Å². The van der Waals surface area contributed by atoms with Crippen molar-refractivity contribution < 1.29 is 80.2 Å². The van der Waals surface area contributed by atoms with E-state index in [9.17, 15) is 43.2 Å². The van der Waals surface area contributed by atoms with E-state index in [-0.39, 0.29) is 25.7 Å². The number of carbonyl (C=O) groups excluding carboxylic acids is 4. The lowest BCUT2D eigenvalue weighted by molar-refractivity contribution is -0.161. The van der Waals surface area contributed by atoms with E-state index in [1.54, 1.807) is 0 Å². The fourth-order valence-corrected chi connectivity index (χ4v) is 13.2. The number of aliphatic hydroxyl groups is 1. The summed E-state index contributed by atoms with van der Waals surface area (Å²) in [6.07, 6.45) is 53.0. The molecule has 0 aromatic heterocycles. The summed E-state index contributed by atoms with van der Waals surface area (Å²) in [7, 11) is -9.91. The Kier molecular flexibility index (Phi) is 65.2. The van der Waals surface area contributed by atoms with E-state index in [0.717, 1.165) is 108 Å². The van der Waals surface area contributed by atoms with Crippen LogP contribution in [0, 0.1) is 17.8 Å². The fourth-order valence-electron chi connectivity index (χ4n) is 11.6. The zero-order chi connectivity index (χ0) is 70.1. The van der Waals surface area contributed by atoms with Gasteiger partial charge in [-0.3, -0.25) is 37.3 Å². The maximum Gasteiger partial charge on any atom is 0.472 e. The van der Waals surface area contributed by atoms with Crippen molar-refractivity contribution in [1.29, 1.82) is 0 Å². The van der Waals surface area contributed by atoms with E-state index in [1.165, 1.54) is 193 Å². The molecule has 0 aliphatic heterocycles. The molecule has 0 amide bonds. The summed E-state index contributed by atoms with van der Waals surface area (Å²) < 4.78 is 68.5. The lowest BCUT2D eigenvalue weighted by Gasteiger charge is -2.21. The second kappa shape index (κ2) is 66.6. The summed E-state index contributed by atoms with van der Waals surface area (Å²) in [4.78, 5) is 72.8. The molecule has 0 spiro atoms. The number of aliphatic hydroxyl groups excluding tert-OH is 1. The van der Waals surface area contributed by atoms with E-state index in [2.05, 4.69) is 48.5 Å². The Labute approximate surface area is 581 Å². The van der Waals surface area contributed by atoms with Gasteiger partial charge in [0.05, 0.1) is 26.4 Å². The van der Waals surface area contributed by atoms with E-state index >= 15 is 0 Å². The average Bonchev–Trinajstić information content (AvgIpc) is 1.22. The highest BCUT2D eigenvalue weighted by atomic mass is 31.2. The number of rotatable bonds is 74. The van der Waals surface area contributed by atoms with Crippen LogP contribution in [0.15, 0.2) is 0 Å². The van der Waals surface area contributed by atoms with Gasteiger partial charge in [-0.2, -0.15) is 0 Å². The number of esters is 4. The molecule has 5 atom stereocenters. The first kappa shape index (κ1) is 93.1. The third-order valence-electron chi connectivity index (χ3n) is 17.6. The third-order valence-corrected chi connectivity index (χ3v) is 19.5. The summed E-state index contributed by atoms with van der Waals surface area (Å²) >= 11 is 0. The Bertz CT molecular complexity index is 1850. The Morgan fingerprint density at radius 3 is 0.716 bits per heavy atom. The highest BCUT2D eigenvalue weighted by molar-refractivity contribution is 7.47. The van der Waals surface area contributed by atoms with Crippen molar-refractivity contribution in [3.63, 3.8) is 0 Å². The molecule has 0 heterocycles. The molecule has 0 aromatic rings. The number of carbonyl (C=O) groups is 4. The molecular weight excluding hydrogens is 1250 g/mol. The van der Waals surface area contributed by atoms with Crippen LogP contribution in [0.1, 0.15) is 389 Å². The largest absolute Gasteiger partial charge is 0.472 e. The normalized spacial score (nSPS) is 14.1. The second-order valence-electron chi connectivity index (χ2n) is 28.8. The highest BCUT2D eigenvalue weighted by Gasteiger charge is 2.30. The minimum absolute atomic E-state index is 0.104. The molecule has 0 aliphatic carbocycles. The maximum atomic E-state index is 13.1. The first-order valence-corrected chi connectivity index (χ1v) is 42.3. The number of hydrogen-bond acceptors (Lipinski definition) is 15. The summed E-state index contributed by atoms with van der Waals surface area (Å²) in [6, 6.07) is 0. The second-order valence-corrected chi connectivity index (χ2v) is 31.7. The van der Waals surface area contributed by atoms with E-state index < -0.39 is 97.5 Å². The smallest absolute Gasteiger partial charge is 0.462 e. The van der Waals surface area contributed by atoms with Crippen LogP contribution in [0.25, 0.3) is 0 Å². The van der Waals surface area contributed by atoms with Crippen molar-refractivity contribution >= 4 is 39.5 Å². The van der Waals surface area contributed by atoms with E-state index in [4.69, 9.17) is 37.0 Å². The first-order valence-electron chi connectivity index (χ1n) is 39.3. The van der Waals surface area contributed by atoms with E-state index in [1.807, 2.05) is 0 Å². The van der Waals surface area contributed by atoms with Crippen LogP contribution in [0.4, 0.5) is 0 Å². The topological polar surface area (TPSA) is 237 Å². The molecule has 0 bridgehead atoms. The molecule has 0 saturated heterocycles. The van der Waals surface area contributed by atoms with E-state index in [0.29, 0.717) is 31.6 Å². The van der Waals surface area contributed by atoms with Gasteiger partial charge in [-0.1, -0.05) is 337 Å². The maximum absolute atomic E-state index is 13.1. The average molecular weight is 1400 g/mol. The summed E-state index contributed by atoms with van der Waals surface area (Å²) in [6.45, 7) is 11.8. The number of unbranched alkanes of at least 4 members (excludes halogenated alkanes) is 42. The predicted octanol–water partition coefficient (Wildman–Crippen LogP) is 22.2. The first-order chi connectivity index (χ1) is 45.7. The van der Waals surface area contributed by atoms with Gasteiger partial charge >= 0.3 is 39.5 Å². The standard InChI is InChI=1S/C76H148O17P2/c1-8-9-10-11-12-13-14-15-16-17-18-19-20-21-22-25-29-37-45-52-59-75(80)92-71(63-86-73(78)57-50-43-36-28-26-23-24-27-33-40-47-54-67(2)3)65-90-94(82,83)88-61-70(77)62-89-95(84,85)91-66-72(64-87-74(79)58-51-44-39-32-35-42-49-56-69(6)7)93-76(81)60-53-46-38-31-30-34-41-48-55-68(4)5/h67-72,77H,8-66H2,1-7H3,(H,82,83)(H,84,85)/t70-,71-,72-/m1/s1. The molecule has 0 radical (unpaired) electrons. The van der Waals surface area contributed by atoms with Gasteiger partial charge in [0.15, 0.2) is 12.2 Å². The van der Waals surface area contributed by atoms with Crippen molar-refractivity contribution in [2.24, 2.45) is 17.8 Å². The number of phosphoric acid groups is 2. The monoisotopic (exact) mass is 1400 g/mol. The summed E-state index contributed by atoms with van der Waals surface area (Å²) in [5.74, 6) is 0.0727. The molecule has 2 unspecified atom stereocenters. The molecule has 0 rings (SSSR count). The predicted molar refractivity (Wildman–Crippen MR) is 386 cm³/mol. The molecular formula is C76H148O17P2. The Hall–Kier alpha value is -1.94. The minimum Gasteiger partial charge on any atom is -0.462 e. The molecule has 0 aromatic carbocycles. The number of ether oxygens (including phenoxy) is 4. The van der Waals surface area contributed by atoms with Crippen molar-refractivity contribution in [2.45, 2.75) is 407 Å². The minimum atomic E-state index is -4.96. The van der Waals surface area contributed by atoms with Crippen molar-refractivity contribution in [1.82, 2.24) is 0 Å². The van der Waals surface area contributed by atoms with Gasteiger partial charge in [0.2, 0.25) is 0 Å². The van der Waals surface area contributed by atoms with Crippen molar-refractivity contribution in [3.8, 4) is 0 Å². The number of phosphoric ester groups is 2. The molecule has 95 heavy (non-hydrogen) atoms. The van der Waals surface area contributed by atoms with Crippen molar-refractivity contribution in [2.75, 3.05) is 39.6 Å². The SMILES string of the molecule is CCCCCCCCCCCCCCCCCCCCCCC(=O)O[C@H](COC(=O)CCCCCCCCCCCCCC(C)C)COP(=O)(O)OC[C@@H](O)COP(=O)(O)OC[C@@H](COC(=O)CCCCCCCCCC(C)C)OC(=O)CCCCCCCCCCC(C)C. The zero-order valence-electron chi connectivity index (χ0n) is 62.1. The van der Waals surface area contributed by atoms with Gasteiger partial charge in [0.1, 0.15) is 19.3 Å². The fraction of sp³-hybridized carbons (Fsp3) is 0.947. The van der Waals surface area contributed by atoms with Gasteiger partial charge in [-0.15, -0.1) is 0 Å².